The van der Waals surface area contributed by atoms with Crippen LogP contribution in [0.15, 0.2) is 53.7 Å². The molecule has 0 fully saturated rings. The van der Waals surface area contributed by atoms with Crippen LogP contribution in [-0.2, 0) is 17.8 Å². The lowest BCUT2D eigenvalue weighted by Gasteiger charge is -2.17. The SMILES string of the molecule is CCNC(=NCC(=O)N(C)CCc1ccccn1)NCCCn1c(C)nc2ccccc21. The fourth-order valence-electron chi connectivity index (χ4n) is 3.48. The minimum Gasteiger partial charge on any atom is -0.357 e. The average molecular weight is 436 g/mol. The number of aliphatic imine (C=N–C) groups is 1. The number of nitrogens with zero attached hydrogens (tertiary/aromatic N) is 5. The van der Waals surface area contributed by atoms with Crippen LogP contribution in [0.2, 0.25) is 0 Å². The van der Waals surface area contributed by atoms with Crippen LogP contribution in [0.5, 0.6) is 0 Å². The maximum atomic E-state index is 12.5. The van der Waals surface area contributed by atoms with Crippen molar-refractivity contribution in [2.45, 2.75) is 33.2 Å². The number of hydrogen-bond donors (Lipinski definition) is 2. The summed E-state index contributed by atoms with van der Waals surface area (Å²) in [6, 6.07) is 14.0. The summed E-state index contributed by atoms with van der Waals surface area (Å²) in [6.45, 7) is 7.14. The minimum atomic E-state index is -0.0151. The number of likely N-dealkylation sites (N-methyl/N-ethyl adjacent to an activating group) is 1. The minimum absolute atomic E-state index is 0.0151. The number of guanidine groups is 1. The van der Waals surface area contributed by atoms with Gasteiger partial charge in [-0.15, -0.1) is 0 Å². The van der Waals surface area contributed by atoms with Crippen molar-refractivity contribution in [2.75, 3.05) is 33.2 Å². The van der Waals surface area contributed by atoms with Crippen molar-refractivity contribution in [3.63, 3.8) is 0 Å². The molecule has 1 aromatic carbocycles. The van der Waals surface area contributed by atoms with Crippen molar-refractivity contribution in [2.24, 2.45) is 4.99 Å². The standard InChI is InChI=1S/C24H33N7O/c1-4-25-24(28-18-23(32)30(3)17-13-20-10-7-8-14-26-20)27-15-9-16-31-19(2)29-21-11-5-6-12-22(21)31/h5-8,10-12,14H,4,9,13,15-18H2,1-3H3,(H2,25,27,28). The first-order valence-electron chi connectivity index (χ1n) is 11.2. The van der Waals surface area contributed by atoms with E-state index in [2.05, 4.69) is 36.2 Å². The Morgan fingerprint density at radius 3 is 2.75 bits per heavy atom. The van der Waals surface area contributed by atoms with Gasteiger partial charge in [0.2, 0.25) is 5.91 Å². The first-order chi connectivity index (χ1) is 15.6. The van der Waals surface area contributed by atoms with Crippen LogP contribution >= 0.6 is 0 Å². The fourth-order valence-corrected chi connectivity index (χ4v) is 3.48. The highest BCUT2D eigenvalue weighted by atomic mass is 16.2. The second-order valence-electron chi connectivity index (χ2n) is 7.66. The summed E-state index contributed by atoms with van der Waals surface area (Å²) < 4.78 is 2.24. The number of pyridine rings is 1. The van der Waals surface area contributed by atoms with E-state index in [1.807, 2.05) is 50.2 Å². The zero-order valence-electron chi connectivity index (χ0n) is 19.2. The second-order valence-corrected chi connectivity index (χ2v) is 7.66. The number of carbonyl (C=O) groups is 1. The van der Waals surface area contributed by atoms with E-state index in [1.165, 1.54) is 0 Å². The quantitative estimate of drug-likeness (QED) is 0.290. The molecule has 2 heterocycles. The molecular weight excluding hydrogens is 402 g/mol. The highest BCUT2D eigenvalue weighted by Crippen LogP contribution is 2.15. The topological polar surface area (TPSA) is 87.4 Å². The van der Waals surface area contributed by atoms with Gasteiger partial charge in [0.05, 0.1) is 11.0 Å². The van der Waals surface area contributed by atoms with Gasteiger partial charge in [0.15, 0.2) is 5.96 Å². The summed E-state index contributed by atoms with van der Waals surface area (Å²) in [5.41, 5.74) is 3.16. The van der Waals surface area contributed by atoms with Crippen LogP contribution in [0.25, 0.3) is 11.0 Å². The summed E-state index contributed by atoms with van der Waals surface area (Å²) in [7, 11) is 1.80. The number of benzene rings is 1. The van der Waals surface area contributed by atoms with Gasteiger partial charge < -0.3 is 20.1 Å². The molecule has 0 unspecified atom stereocenters. The summed E-state index contributed by atoms with van der Waals surface area (Å²) in [5.74, 6) is 1.66. The van der Waals surface area contributed by atoms with E-state index in [1.54, 1.807) is 18.1 Å². The lowest BCUT2D eigenvalue weighted by Crippen LogP contribution is -2.39. The Labute approximate surface area is 189 Å². The summed E-state index contributed by atoms with van der Waals surface area (Å²) in [5, 5.41) is 6.54. The number of carbonyl (C=O) groups excluding carboxylic acids is 1. The third-order valence-electron chi connectivity index (χ3n) is 5.27. The molecule has 0 aliphatic heterocycles. The number of aryl methyl sites for hydroxylation is 2. The van der Waals surface area contributed by atoms with E-state index >= 15 is 0 Å². The van der Waals surface area contributed by atoms with E-state index in [4.69, 9.17) is 0 Å². The maximum absolute atomic E-state index is 12.5. The Bertz CT molecular complexity index is 1030. The smallest absolute Gasteiger partial charge is 0.244 e. The number of para-hydroxylation sites is 2. The average Bonchev–Trinajstić information content (AvgIpc) is 3.13. The Morgan fingerprint density at radius 1 is 1.16 bits per heavy atom. The molecular formula is C24H33N7O. The first kappa shape index (κ1) is 23.2. The molecule has 0 bridgehead atoms. The molecule has 0 aliphatic carbocycles. The summed E-state index contributed by atoms with van der Waals surface area (Å²) in [4.78, 5) is 27.5. The van der Waals surface area contributed by atoms with Crippen LogP contribution in [-0.4, -0.2) is 64.5 Å². The Balaban J connectivity index is 1.45. The van der Waals surface area contributed by atoms with Gasteiger partial charge >= 0.3 is 0 Å². The van der Waals surface area contributed by atoms with Gasteiger partial charge in [0.1, 0.15) is 12.4 Å². The Hall–Kier alpha value is -3.42. The van der Waals surface area contributed by atoms with Gasteiger partial charge in [-0.1, -0.05) is 18.2 Å². The van der Waals surface area contributed by atoms with Crippen LogP contribution in [0.3, 0.4) is 0 Å². The van der Waals surface area contributed by atoms with Crippen molar-refractivity contribution >= 4 is 22.9 Å². The van der Waals surface area contributed by atoms with Gasteiger partial charge in [-0.3, -0.25) is 9.78 Å². The zero-order valence-corrected chi connectivity index (χ0v) is 19.2. The molecule has 8 nitrogen and oxygen atoms in total. The molecule has 0 atom stereocenters. The highest BCUT2D eigenvalue weighted by molar-refractivity contribution is 5.84. The monoisotopic (exact) mass is 435 g/mol. The molecule has 170 valence electrons. The van der Waals surface area contributed by atoms with Gasteiger partial charge in [0, 0.05) is 51.5 Å². The lowest BCUT2D eigenvalue weighted by atomic mass is 10.2. The number of nitrogens with one attached hydrogen (secondary N) is 2. The molecule has 2 aromatic heterocycles. The number of amides is 1. The molecule has 0 saturated carbocycles. The molecule has 8 heteroatoms. The molecule has 2 N–H and O–H groups in total. The van der Waals surface area contributed by atoms with Crippen molar-refractivity contribution < 1.29 is 4.79 Å². The molecule has 1 amide bonds. The molecule has 3 rings (SSSR count). The predicted molar refractivity (Wildman–Crippen MR) is 129 cm³/mol. The second kappa shape index (κ2) is 11.8. The van der Waals surface area contributed by atoms with Crippen LogP contribution in [0.1, 0.15) is 24.9 Å². The third-order valence-corrected chi connectivity index (χ3v) is 5.27. The van der Waals surface area contributed by atoms with Crippen molar-refractivity contribution in [3.05, 3.63) is 60.2 Å². The van der Waals surface area contributed by atoms with Crippen molar-refractivity contribution in [3.8, 4) is 0 Å². The predicted octanol–water partition coefficient (Wildman–Crippen LogP) is 2.39. The number of fused-ring (bicyclic) bond motifs is 1. The van der Waals surface area contributed by atoms with Gasteiger partial charge in [-0.2, -0.15) is 0 Å². The van der Waals surface area contributed by atoms with Gasteiger partial charge in [-0.25, -0.2) is 9.98 Å². The Morgan fingerprint density at radius 2 is 1.97 bits per heavy atom. The van der Waals surface area contributed by atoms with Gasteiger partial charge in [-0.05, 0) is 44.5 Å². The number of aromatic nitrogens is 3. The summed E-state index contributed by atoms with van der Waals surface area (Å²) >= 11 is 0. The maximum Gasteiger partial charge on any atom is 0.244 e. The normalized spacial score (nSPS) is 11.5. The molecule has 0 saturated heterocycles. The fraction of sp³-hybridized carbons (Fsp3) is 0.417. The third kappa shape index (κ3) is 6.54. The molecule has 0 spiro atoms. The first-order valence-corrected chi connectivity index (χ1v) is 11.2. The van der Waals surface area contributed by atoms with E-state index in [0.717, 1.165) is 55.0 Å². The largest absolute Gasteiger partial charge is 0.357 e. The molecule has 0 radical (unpaired) electrons. The van der Waals surface area contributed by atoms with Crippen LogP contribution in [0, 0.1) is 6.92 Å². The molecule has 3 aromatic rings. The molecule has 32 heavy (non-hydrogen) atoms. The summed E-state index contributed by atoms with van der Waals surface area (Å²) in [6.07, 6.45) is 3.42. The van der Waals surface area contributed by atoms with Crippen molar-refractivity contribution in [1.82, 2.24) is 30.1 Å². The number of imidazole rings is 1. The van der Waals surface area contributed by atoms with Crippen molar-refractivity contribution in [1.29, 1.82) is 0 Å². The van der Waals surface area contributed by atoms with Crippen LogP contribution in [0.4, 0.5) is 0 Å². The van der Waals surface area contributed by atoms with E-state index in [-0.39, 0.29) is 12.5 Å². The van der Waals surface area contributed by atoms with E-state index < -0.39 is 0 Å². The molecule has 0 aliphatic rings. The van der Waals surface area contributed by atoms with Crippen LogP contribution < -0.4 is 10.6 Å². The number of rotatable bonds is 10. The lowest BCUT2D eigenvalue weighted by molar-refractivity contribution is -0.128. The number of hydrogen-bond acceptors (Lipinski definition) is 4. The van der Waals surface area contributed by atoms with E-state index in [9.17, 15) is 4.79 Å². The highest BCUT2D eigenvalue weighted by Gasteiger charge is 2.10. The zero-order chi connectivity index (χ0) is 22.8. The van der Waals surface area contributed by atoms with Gasteiger partial charge in [0.25, 0.3) is 0 Å². The van der Waals surface area contributed by atoms with E-state index in [0.29, 0.717) is 12.5 Å². The Kier molecular flexibility index (Phi) is 8.60.